The number of amides is 4. The molecule has 3 aliphatic rings. The predicted molar refractivity (Wildman–Crippen MR) is 128 cm³/mol. The van der Waals surface area contributed by atoms with Crippen LogP contribution in [0.1, 0.15) is 64.5 Å². The average Bonchev–Trinajstić information content (AvgIpc) is 3.07. The number of fused-ring (bicyclic) bond motifs is 1. The van der Waals surface area contributed by atoms with Crippen LogP contribution in [0.25, 0.3) is 11.0 Å². The van der Waals surface area contributed by atoms with Crippen molar-refractivity contribution in [2.24, 2.45) is 5.41 Å². The van der Waals surface area contributed by atoms with Gasteiger partial charge in [0, 0.05) is 49.1 Å². The number of aromatic nitrogens is 2. The minimum absolute atomic E-state index is 0.209. The molecule has 0 aromatic carbocycles. The zero-order chi connectivity index (χ0) is 24.3. The minimum atomic E-state index is -0.465. The first-order valence-electron chi connectivity index (χ1n) is 12.1. The fourth-order valence-corrected chi connectivity index (χ4v) is 5.55. The Morgan fingerprint density at radius 2 is 1.91 bits per heavy atom. The maximum atomic E-state index is 12.3. The first kappa shape index (κ1) is 22.7. The molecule has 4 heterocycles. The lowest BCUT2D eigenvalue weighted by molar-refractivity contribution is -0.120. The smallest absolute Gasteiger partial charge is 0.410 e. The summed E-state index contributed by atoms with van der Waals surface area (Å²) in [5, 5.41) is 3.40. The number of carbonyl (C=O) groups excluding carboxylic acids is 3. The van der Waals surface area contributed by atoms with E-state index in [4.69, 9.17) is 9.72 Å². The minimum Gasteiger partial charge on any atom is -0.444 e. The van der Waals surface area contributed by atoms with Gasteiger partial charge in [-0.3, -0.25) is 15.0 Å². The van der Waals surface area contributed by atoms with E-state index in [9.17, 15) is 14.4 Å². The molecule has 0 radical (unpaired) electrons. The zero-order valence-corrected chi connectivity index (χ0v) is 20.4. The molecule has 0 atom stereocenters. The van der Waals surface area contributed by atoms with E-state index < -0.39 is 11.6 Å². The van der Waals surface area contributed by atoms with Crippen LogP contribution in [-0.4, -0.2) is 57.7 Å². The molecule has 0 unspecified atom stereocenters. The van der Waals surface area contributed by atoms with Crippen LogP contribution in [-0.2, 0) is 9.53 Å². The molecule has 1 saturated carbocycles. The van der Waals surface area contributed by atoms with Gasteiger partial charge in [0.05, 0.1) is 11.9 Å². The number of ether oxygens (including phenoxy) is 1. The maximum Gasteiger partial charge on any atom is 0.410 e. The summed E-state index contributed by atoms with van der Waals surface area (Å²) in [6.07, 6.45) is 8.22. The van der Waals surface area contributed by atoms with E-state index in [-0.39, 0.29) is 17.4 Å². The van der Waals surface area contributed by atoms with Crippen molar-refractivity contribution >= 4 is 34.8 Å². The average molecular weight is 468 g/mol. The van der Waals surface area contributed by atoms with Gasteiger partial charge in [-0.05, 0) is 65.0 Å². The molecule has 34 heavy (non-hydrogen) atoms. The van der Waals surface area contributed by atoms with Gasteiger partial charge in [0.2, 0.25) is 5.91 Å². The Hall–Kier alpha value is -3.10. The summed E-state index contributed by atoms with van der Waals surface area (Å²) in [6, 6.07) is 1.97. The second-order valence-electron chi connectivity index (χ2n) is 11.1. The molecule has 0 bridgehead atoms. The third-order valence-corrected chi connectivity index (χ3v) is 7.33. The highest BCUT2D eigenvalue weighted by Crippen LogP contribution is 2.48. The number of hydrogen-bond acceptors (Lipinski definition) is 5. The molecule has 5 rings (SSSR count). The number of anilines is 1. The van der Waals surface area contributed by atoms with E-state index in [2.05, 4.69) is 23.0 Å². The summed E-state index contributed by atoms with van der Waals surface area (Å²) in [5.41, 5.74) is 2.51. The van der Waals surface area contributed by atoms with Crippen LogP contribution in [0.15, 0.2) is 18.5 Å². The molecule has 182 valence electrons. The van der Waals surface area contributed by atoms with E-state index in [1.54, 1.807) is 11.1 Å². The first-order valence-corrected chi connectivity index (χ1v) is 12.1. The molecule has 2 saturated heterocycles. The van der Waals surface area contributed by atoms with Gasteiger partial charge in [-0.25, -0.2) is 14.6 Å². The van der Waals surface area contributed by atoms with E-state index >= 15 is 0 Å². The van der Waals surface area contributed by atoms with Crippen molar-refractivity contribution in [2.45, 2.75) is 71.4 Å². The Morgan fingerprint density at radius 3 is 2.56 bits per heavy atom. The summed E-state index contributed by atoms with van der Waals surface area (Å²) < 4.78 is 7.80. The van der Waals surface area contributed by atoms with E-state index in [1.165, 1.54) is 0 Å². The molecule has 2 aromatic heterocycles. The standard InChI is InChI=1S/C25H33N5O4/c1-16-13-30(21-19(16)11-18(12-26-21)29-10-7-20(31)27-22(29)32)17-5-8-25(9-6-17)14-28(15-25)23(33)34-24(2,3)4/h11-13,17H,5-10,14-15H2,1-4H3,(H,27,31,32). The summed E-state index contributed by atoms with van der Waals surface area (Å²) in [4.78, 5) is 44.2. The lowest BCUT2D eigenvalue weighted by Crippen LogP contribution is -2.60. The second kappa shape index (κ2) is 7.99. The fourth-order valence-electron chi connectivity index (χ4n) is 5.55. The molecule has 1 spiro atoms. The van der Waals surface area contributed by atoms with Crippen LogP contribution in [0.4, 0.5) is 15.3 Å². The Kier molecular flexibility index (Phi) is 5.33. The molecule has 9 nitrogen and oxygen atoms in total. The molecule has 3 fully saturated rings. The first-order chi connectivity index (χ1) is 16.0. The Balaban J connectivity index is 1.26. The largest absolute Gasteiger partial charge is 0.444 e. The van der Waals surface area contributed by atoms with Crippen molar-refractivity contribution in [3.05, 3.63) is 24.0 Å². The normalized spacial score (nSPS) is 21.1. The van der Waals surface area contributed by atoms with Crippen LogP contribution in [0.5, 0.6) is 0 Å². The van der Waals surface area contributed by atoms with Crippen molar-refractivity contribution in [2.75, 3.05) is 24.5 Å². The number of imide groups is 1. The fraction of sp³-hybridized carbons (Fsp3) is 0.600. The van der Waals surface area contributed by atoms with Gasteiger partial charge in [-0.2, -0.15) is 0 Å². The molecular formula is C25H33N5O4. The van der Waals surface area contributed by atoms with Crippen LogP contribution in [0, 0.1) is 12.3 Å². The van der Waals surface area contributed by atoms with Crippen LogP contribution in [0.2, 0.25) is 0 Å². The lowest BCUT2D eigenvalue weighted by Gasteiger charge is -2.53. The molecule has 1 aliphatic carbocycles. The number of hydrogen-bond donors (Lipinski definition) is 1. The molecule has 2 aromatic rings. The monoisotopic (exact) mass is 467 g/mol. The van der Waals surface area contributed by atoms with Gasteiger partial charge in [-0.15, -0.1) is 0 Å². The third-order valence-electron chi connectivity index (χ3n) is 7.33. The summed E-state index contributed by atoms with van der Waals surface area (Å²) in [5.74, 6) is -0.242. The van der Waals surface area contributed by atoms with Crippen LogP contribution in [0.3, 0.4) is 0 Å². The van der Waals surface area contributed by atoms with Gasteiger partial charge in [-0.1, -0.05) is 0 Å². The maximum absolute atomic E-state index is 12.3. The SMILES string of the molecule is Cc1cn(C2CCC3(CC2)CN(C(=O)OC(C)(C)C)C3)c2ncc(N3CCC(=O)NC3=O)cc12. The third kappa shape index (κ3) is 4.12. The number of rotatable bonds is 2. The van der Waals surface area contributed by atoms with Gasteiger partial charge < -0.3 is 14.2 Å². The molecule has 9 heteroatoms. The summed E-state index contributed by atoms with van der Waals surface area (Å²) in [6.45, 7) is 9.68. The van der Waals surface area contributed by atoms with Gasteiger partial charge in [0.15, 0.2) is 0 Å². The number of aryl methyl sites for hydroxylation is 1. The van der Waals surface area contributed by atoms with Crippen molar-refractivity contribution in [3.8, 4) is 0 Å². The van der Waals surface area contributed by atoms with Gasteiger partial charge >= 0.3 is 12.1 Å². The van der Waals surface area contributed by atoms with Crippen LogP contribution >= 0.6 is 0 Å². The Morgan fingerprint density at radius 1 is 1.21 bits per heavy atom. The highest BCUT2D eigenvalue weighted by molar-refractivity contribution is 6.06. The van der Waals surface area contributed by atoms with Crippen LogP contribution < -0.4 is 10.2 Å². The number of pyridine rings is 1. The van der Waals surface area contributed by atoms with Gasteiger partial charge in [0.25, 0.3) is 0 Å². The van der Waals surface area contributed by atoms with Crippen molar-refractivity contribution in [3.63, 3.8) is 0 Å². The van der Waals surface area contributed by atoms with Crippen molar-refractivity contribution in [1.29, 1.82) is 0 Å². The summed E-state index contributed by atoms with van der Waals surface area (Å²) >= 11 is 0. The predicted octanol–water partition coefficient (Wildman–Crippen LogP) is 4.14. The zero-order valence-electron chi connectivity index (χ0n) is 20.4. The van der Waals surface area contributed by atoms with Crippen molar-refractivity contribution < 1.29 is 19.1 Å². The number of carbonyl (C=O) groups is 3. The van der Waals surface area contributed by atoms with E-state index in [0.717, 1.165) is 55.4 Å². The second-order valence-corrected chi connectivity index (χ2v) is 11.1. The highest BCUT2D eigenvalue weighted by Gasteiger charge is 2.48. The number of urea groups is 1. The quantitative estimate of drug-likeness (QED) is 0.716. The van der Waals surface area contributed by atoms with E-state index in [0.29, 0.717) is 24.7 Å². The highest BCUT2D eigenvalue weighted by atomic mass is 16.6. The van der Waals surface area contributed by atoms with Gasteiger partial charge in [0.1, 0.15) is 11.2 Å². The topological polar surface area (TPSA) is 96.8 Å². The van der Waals surface area contributed by atoms with Crippen molar-refractivity contribution in [1.82, 2.24) is 19.8 Å². The molecular weight excluding hydrogens is 434 g/mol. The Labute approximate surface area is 199 Å². The number of likely N-dealkylation sites (tertiary alicyclic amines) is 1. The molecule has 2 aliphatic heterocycles. The lowest BCUT2D eigenvalue weighted by atomic mass is 9.67. The number of nitrogens with zero attached hydrogens (tertiary/aromatic N) is 4. The molecule has 1 N–H and O–H groups in total. The number of nitrogens with one attached hydrogen (secondary N) is 1. The molecule has 4 amide bonds. The summed E-state index contributed by atoms with van der Waals surface area (Å²) in [7, 11) is 0. The Bertz CT molecular complexity index is 1150. The van der Waals surface area contributed by atoms with E-state index in [1.807, 2.05) is 31.7 Å².